The van der Waals surface area contributed by atoms with Crippen LogP contribution in [0.3, 0.4) is 0 Å². The number of carbonyl (C=O) groups is 2. The zero-order chi connectivity index (χ0) is 15.1. The number of carboxylic acids is 1. The number of aryl methyl sites for hydroxylation is 1. The number of ether oxygens (including phenoxy) is 1. The van der Waals surface area contributed by atoms with Gasteiger partial charge in [0.25, 0.3) is 5.91 Å². The summed E-state index contributed by atoms with van der Waals surface area (Å²) in [5.74, 6) is -1.44. The highest BCUT2D eigenvalue weighted by Gasteiger charge is 2.17. The number of amides is 1. The first-order chi connectivity index (χ1) is 9.43. The first-order valence-corrected chi connectivity index (χ1v) is 6.66. The molecule has 0 aromatic heterocycles. The van der Waals surface area contributed by atoms with Crippen molar-refractivity contribution in [1.82, 2.24) is 5.32 Å². The molecule has 5 nitrogen and oxygen atoms in total. The Bertz CT molecular complexity index is 453. The lowest BCUT2D eigenvalue weighted by molar-refractivity contribution is -0.309. The molecule has 0 aliphatic heterocycles. The van der Waals surface area contributed by atoms with E-state index in [4.69, 9.17) is 4.74 Å². The Morgan fingerprint density at radius 3 is 2.30 bits per heavy atom. The maximum Gasteiger partial charge on any atom is 0.258 e. The second-order valence-electron chi connectivity index (χ2n) is 4.89. The lowest BCUT2D eigenvalue weighted by Gasteiger charge is -2.23. The second-order valence-corrected chi connectivity index (χ2v) is 4.89. The predicted molar refractivity (Wildman–Crippen MR) is 73.1 cm³/mol. The van der Waals surface area contributed by atoms with E-state index >= 15 is 0 Å². The van der Waals surface area contributed by atoms with Crippen molar-refractivity contribution in [3.05, 3.63) is 29.8 Å². The maximum absolute atomic E-state index is 11.6. The van der Waals surface area contributed by atoms with Crippen LogP contribution in [0.4, 0.5) is 0 Å². The molecule has 1 N–H and O–H groups in total. The topological polar surface area (TPSA) is 78.5 Å². The minimum Gasteiger partial charge on any atom is -0.548 e. The third-order valence-corrected chi connectivity index (χ3v) is 2.94. The van der Waals surface area contributed by atoms with Crippen LogP contribution < -0.4 is 15.2 Å². The van der Waals surface area contributed by atoms with Gasteiger partial charge in [0.1, 0.15) is 5.75 Å². The summed E-state index contributed by atoms with van der Waals surface area (Å²) in [6.07, 6.45) is 0.933. The molecule has 0 spiro atoms. The van der Waals surface area contributed by atoms with Crippen LogP contribution in [-0.2, 0) is 16.0 Å². The summed E-state index contributed by atoms with van der Waals surface area (Å²) in [5, 5.41) is 13.2. The Balaban J connectivity index is 2.47. The van der Waals surface area contributed by atoms with Crippen molar-refractivity contribution in [3.8, 4) is 5.75 Å². The van der Waals surface area contributed by atoms with E-state index in [-0.39, 0.29) is 12.5 Å². The Labute approximate surface area is 118 Å². The van der Waals surface area contributed by atoms with Gasteiger partial charge in [0.05, 0.1) is 12.0 Å². The molecule has 0 saturated heterocycles. The number of aliphatic carboxylic acids is 1. The Kier molecular flexibility index (Phi) is 6.03. The van der Waals surface area contributed by atoms with E-state index in [1.807, 2.05) is 12.1 Å². The largest absolute Gasteiger partial charge is 0.548 e. The smallest absolute Gasteiger partial charge is 0.258 e. The fraction of sp³-hybridized carbons (Fsp3) is 0.467. The van der Waals surface area contributed by atoms with Gasteiger partial charge in [0, 0.05) is 0 Å². The van der Waals surface area contributed by atoms with Crippen molar-refractivity contribution in [1.29, 1.82) is 0 Å². The zero-order valence-electron chi connectivity index (χ0n) is 12.0. The van der Waals surface area contributed by atoms with Crippen LogP contribution in [0.5, 0.6) is 5.75 Å². The number of nitrogens with one attached hydrogen (secondary N) is 1. The molecule has 0 unspecified atom stereocenters. The fourth-order valence-electron chi connectivity index (χ4n) is 1.68. The molecular weight excluding hydrogens is 258 g/mol. The highest BCUT2D eigenvalue weighted by atomic mass is 16.5. The quantitative estimate of drug-likeness (QED) is 0.788. The van der Waals surface area contributed by atoms with Gasteiger partial charge in [-0.15, -0.1) is 0 Å². The molecule has 5 heteroatoms. The Morgan fingerprint density at radius 2 is 1.85 bits per heavy atom. The van der Waals surface area contributed by atoms with Gasteiger partial charge in [0.15, 0.2) is 6.61 Å². The first-order valence-electron chi connectivity index (χ1n) is 6.66. The molecule has 0 bridgehead atoms. The third-order valence-electron chi connectivity index (χ3n) is 2.94. The minimum atomic E-state index is -1.29. The van der Waals surface area contributed by atoms with Gasteiger partial charge < -0.3 is 20.0 Å². The Hall–Kier alpha value is -2.04. The standard InChI is InChI=1S/C15H21NO4/c1-4-11-5-7-12(8-6-11)20-9-13(17)16-14(10(2)3)15(18)19/h5-8,10,14H,4,9H2,1-3H3,(H,16,17)(H,18,19)/p-1/t14-/m1/s1. The summed E-state index contributed by atoms with van der Waals surface area (Å²) in [5.41, 5.74) is 1.18. The highest BCUT2D eigenvalue weighted by molar-refractivity contribution is 5.83. The number of hydrogen-bond donors (Lipinski definition) is 1. The van der Waals surface area contributed by atoms with Crippen molar-refractivity contribution < 1.29 is 19.4 Å². The van der Waals surface area contributed by atoms with Gasteiger partial charge >= 0.3 is 0 Å². The number of carbonyl (C=O) groups excluding carboxylic acids is 2. The van der Waals surface area contributed by atoms with Crippen molar-refractivity contribution in [2.45, 2.75) is 33.2 Å². The van der Waals surface area contributed by atoms with E-state index in [9.17, 15) is 14.7 Å². The molecule has 0 radical (unpaired) electrons. The van der Waals surface area contributed by atoms with Gasteiger partial charge in [0.2, 0.25) is 0 Å². The molecule has 1 atom stereocenters. The van der Waals surface area contributed by atoms with Gasteiger partial charge in [-0.05, 0) is 30.0 Å². The number of benzene rings is 1. The van der Waals surface area contributed by atoms with E-state index in [1.165, 1.54) is 5.56 Å². The van der Waals surface area contributed by atoms with Gasteiger partial charge in [-0.3, -0.25) is 4.79 Å². The normalized spacial score (nSPS) is 12.0. The first kappa shape index (κ1) is 16.0. The number of rotatable bonds is 7. The van der Waals surface area contributed by atoms with Gasteiger partial charge in [-0.25, -0.2) is 0 Å². The second kappa shape index (κ2) is 7.53. The molecule has 1 aromatic rings. The van der Waals surface area contributed by atoms with Crippen molar-refractivity contribution in [3.63, 3.8) is 0 Å². The lowest BCUT2D eigenvalue weighted by atomic mass is 10.1. The summed E-state index contributed by atoms with van der Waals surface area (Å²) in [6.45, 7) is 5.23. The summed E-state index contributed by atoms with van der Waals surface area (Å²) in [7, 11) is 0. The molecule has 20 heavy (non-hydrogen) atoms. The van der Waals surface area contributed by atoms with Crippen molar-refractivity contribution in [2.75, 3.05) is 6.61 Å². The highest BCUT2D eigenvalue weighted by Crippen LogP contribution is 2.12. The molecule has 0 aliphatic carbocycles. The number of hydrogen-bond acceptors (Lipinski definition) is 4. The van der Waals surface area contributed by atoms with E-state index in [1.54, 1.807) is 26.0 Å². The minimum absolute atomic E-state index is 0.220. The average molecular weight is 278 g/mol. The summed E-state index contributed by atoms with van der Waals surface area (Å²) in [4.78, 5) is 22.5. The van der Waals surface area contributed by atoms with Gasteiger partial charge in [-0.2, -0.15) is 0 Å². The van der Waals surface area contributed by atoms with Crippen LogP contribution >= 0.6 is 0 Å². The van der Waals surface area contributed by atoms with Crippen molar-refractivity contribution in [2.24, 2.45) is 5.92 Å². The van der Waals surface area contributed by atoms with Gasteiger partial charge in [-0.1, -0.05) is 32.9 Å². The van der Waals surface area contributed by atoms with E-state index in [2.05, 4.69) is 12.2 Å². The van der Waals surface area contributed by atoms with E-state index in [0.29, 0.717) is 5.75 Å². The molecule has 1 rings (SSSR count). The fourth-order valence-corrected chi connectivity index (χ4v) is 1.68. The average Bonchev–Trinajstić information content (AvgIpc) is 2.42. The van der Waals surface area contributed by atoms with Crippen LogP contribution in [0, 0.1) is 5.92 Å². The zero-order valence-corrected chi connectivity index (χ0v) is 12.0. The molecule has 110 valence electrons. The molecule has 1 amide bonds. The monoisotopic (exact) mass is 278 g/mol. The Morgan fingerprint density at radius 1 is 1.25 bits per heavy atom. The third kappa shape index (κ3) is 4.91. The van der Waals surface area contributed by atoms with Crippen LogP contribution in [0.2, 0.25) is 0 Å². The van der Waals surface area contributed by atoms with Crippen LogP contribution in [0.25, 0.3) is 0 Å². The summed E-state index contributed by atoms with van der Waals surface area (Å²) < 4.78 is 5.30. The molecule has 0 saturated carbocycles. The number of carboxylic acid groups (broad SMARTS) is 1. The van der Waals surface area contributed by atoms with E-state index in [0.717, 1.165) is 6.42 Å². The molecular formula is C15H20NO4-. The predicted octanol–water partition coefficient (Wildman–Crippen LogP) is 0.518. The summed E-state index contributed by atoms with van der Waals surface area (Å²) >= 11 is 0. The summed E-state index contributed by atoms with van der Waals surface area (Å²) in [6, 6.07) is 6.40. The maximum atomic E-state index is 11.6. The molecule has 0 heterocycles. The molecule has 1 aromatic carbocycles. The lowest BCUT2D eigenvalue weighted by Crippen LogP contribution is -2.51. The van der Waals surface area contributed by atoms with Crippen molar-refractivity contribution >= 4 is 11.9 Å². The SMILES string of the molecule is CCc1ccc(OCC(=O)N[C@@H](C(=O)[O-])C(C)C)cc1. The van der Waals surface area contributed by atoms with Crippen LogP contribution in [0.15, 0.2) is 24.3 Å². The molecule has 0 aliphatic rings. The molecule has 0 fully saturated rings. The van der Waals surface area contributed by atoms with Crippen LogP contribution in [-0.4, -0.2) is 24.5 Å². The van der Waals surface area contributed by atoms with Crippen LogP contribution in [0.1, 0.15) is 26.3 Å². The van der Waals surface area contributed by atoms with E-state index < -0.39 is 17.9 Å².